The van der Waals surface area contributed by atoms with Crippen molar-refractivity contribution in [3.05, 3.63) is 48.0 Å². The van der Waals surface area contributed by atoms with Gasteiger partial charge in [0.1, 0.15) is 0 Å². The monoisotopic (exact) mass is 296 g/mol. The van der Waals surface area contributed by atoms with Gasteiger partial charge in [0, 0.05) is 0 Å². The van der Waals surface area contributed by atoms with Crippen LogP contribution in [0.2, 0.25) is 4.47 Å². The summed E-state index contributed by atoms with van der Waals surface area (Å²) >= 11 is 0.0592. The molecule has 1 aliphatic rings. The van der Waals surface area contributed by atoms with Gasteiger partial charge in [0.2, 0.25) is 0 Å². The average Bonchev–Trinajstić information content (AvgIpc) is 2.26. The number of allylic oxidation sites excluding steroid dienone is 1. The molecule has 3 rings (SSSR count). The Kier molecular flexibility index (Phi) is 2.09. The Hall–Kier alpha value is -0.770. The molecule has 1 heterocycles. The van der Waals surface area contributed by atoms with Gasteiger partial charge >= 0.3 is 93.9 Å². The Labute approximate surface area is 93.7 Å². The van der Waals surface area contributed by atoms with Gasteiger partial charge < -0.3 is 0 Å². The summed E-state index contributed by atoms with van der Waals surface area (Å²) in [6, 6.07) is 13.3. The zero-order chi connectivity index (χ0) is 9.38. The van der Waals surface area contributed by atoms with Crippen molar-refractivity contribution in [1.82, 2.24) is 0 Å². The number of hydrogen-bond donors (Lipinski definition) is 0. The van der Waals surface area contributed by atoms with Crippen LogP contribution in [0.3, 0.4) is 0 Å². The molecule has 1 heteroatoms. The van der Waals surface area contributed by atoms with Gasteiger partial charge in [-0.05, 0) is 0 Å². The van der Waals surface area contributed by atoms with Crippen LogP contribution >= 0.6 is 0 Å². The third kappa shape index (κ3) is 1.38. The number of benzene rings is 2. The van der Waals surface area contributed by atoms with E-state index in [2.05, 4.69) is 48.6 Å². The Morgan fingerprint density at radius 2 is 1.79 bits per heavy atom. The van der Waals surface area contributed by atoms with Crippen LogP contribution in [0.4, 0.5) is 0 Å². The first-order valence-electron chi connectivity index (χ1n) is 4.76. The molecule has 0 N–H and O–H groups in total. The number of hydrogen-bond acceptors (Lipinski definition) is 0. The summed E-state index contributed by atoms with van der Waals surface area (Å²) in [7, 11) is 0. The Balaban J connectivity index is 2.34. The second kappa shape index (κ2) is 3.42. The standard InChI is InChI=1S/C13H10Te/c1-2-5-11-9-13-12(6-3-7-14-13)8-10(11)4-1/h1-6,8-9H,7H2. The molecule has 0 atom stereocenters. The van der Waals surface area contributed by atoms with Crippen molar-refractivity contribution in [1.29, 1.82) is 0 Å². The van der Waals surface area contributed by atoms with E-state index in [9.17, 15) is 0 Å². The van der Waals surface area contributed by atoms with Crippen LogP contribution in [0.25, 0.3) is 16.8 Å². The van der Waals surface area contributed by atoms with Gasteiger partial charge in [-0.2, -0.15) is 0 Å². The zero-order valence-electron chi connectivity index (χ0n) is 7.73. The van der Waals surface area contributed by atoms with E-state index < -0.39 is 0 Å². The second-order valence-corrected chi connectivity index (χ2v) is 6.48. The van der Waals surface area contributed by atoms with Gasteiger partial charge in [0.05, 0.1) is 0 Å². The van der Waals surface area contributed by atoms with Crippen LogP contribution in [-0.2, 0) is 0 Å². The molecular weight excluding hydrogens is 284 g/mol. The van der Waals surface area contributed by atoms with Gasteiger partial charge in [-0.25, -0.2) is 0 Å². The van der Waals surface area contributed by atoms with Gasteiger partial charge in [-0.1, -0.05) is 0 Å². The van der Waals surface area contributed by atoms with Gasteiger partial charge in [0.25, 0.3) is 0 Å². The molecule has 0 fully saturated rings. The maximum absolute atomic E-state index is 2.39. The summed E-state index contributed by atoms with van der Waals surface area (Å²) in [6.45, 7) is 0. The quantitative estimate of drug-likeness (QED) is 0.655. The number of fused-ring (bicyclic) bond motifs is 2. The zero-order valence-corrected chi connectivity index (χ0v) is 10.1. The van der Waals surface area contributed by atoms with Crippen LogP contribution in [-0.4, -0.2) is 20.9 Å². The van der Waals surface area contributed by atoms with E-state index in [0.29, 0.717) is 0 Å². The molecule has 0 aromatic heterocycles. The molecule has 1 aliphatic heterocycles. The van der Waals surface area contributed by atoms with E-state index in [1.54, 1.807) is 3.61 Å². The minimum atomic E-state index is 0.0592. The predicted octanol–water partition coefficient (Wildman–Crippen LogP) is 2.61. The first-order chi connectivity index (χ1) is 6.93. The fourth-order valence-electron chi connectivity index (χ4n) is 1.81. The van der Waals surface area contributed by atoms with Crippen LogP contribution in [0, 0.1) is 0 Å². The molecule has 0 amide bonds. The predicted molar refractivity (Wildman–Crippen MR) is 63.2 cm³/mol. The van der Waals surface area contributed by atoms with Gasteiger partial charge in [-0.3, -0.25) is 0 Å². The van der Waals surface area contributed by atoms with Crippen molar-refractivity contribution in [3.63, 3.8) is 0 Å². The van der Waals surface area contributed by atoms with Crippen molar-refractivity contribution in [2.75, 3.05) is 0 Å². The summed E-state index contributed by atoms with van der Waals surface area (Å²) in [5.74, 6) is 0. The fourth-order valence-corrected chi connectivity index (χ4v) is 4.31. The van der Waals surface area contributed by atoms with E-state index in [0.717, 1.165) is 0 Å². The molecule has 0 aliphatic carbocycles. The molecule has 14 heavy (non-hydrogen) atoms. The van der Waals surface area contributed by atoms with Crippen molar-refractivity contribution in [2.24, 2.45) is 0 Å². The van der Waals surface area contributed by atoms with Crippen LogP contribution in [0.15, 0.2) is 42.5 Å². The Morgan fingerprint density at radius 1 is 1.00 bits per heavy atom. The third-order valence-electron chi connectivity index (χ3n) is 2.51. The summed E-state index contributed by atoms with van der Waals surface area (Å²) in [6.07, 6.45) is 4.59. The molecule has 0 saturated carbocycles. The normalized spacial score (nSPS) is 14.3. The van der Waals surface area contributed by atoms with Gasteiger partial charge in [0.15, 0.2) is 0 Å². The van der Waals surface area contributed by atoms with E-state index in [-0.39, 0.29) is 20.9 Å². The molecule has 0 spiro atoms. The van der Waals surface area contributed by atoms with E-state index in [4.69, 9.17) is 0 Å². The van der Waals surface area contributed by atoms with E-state index in [1.165, 1.54) is 20.8 Å². The first-order valence-corrected chi connectivity index (χ1v) is 7.57. The molecule has 0 bridgehead atoms. The van der Waals surface area contributed by atoms with Crippen molar-refractivity contribution >= 4 is 41.4 Å². The Bertz CT molecular complexity index is 512. The summed E-state index contributed by atoms with van der Waals surface area (Å²) < 4.78 is 2.94. The molecule has 0 radical (unpaired) electrons. The Morgan fingerprint density at radius 3 is 2.64 bits per heavy atom. The average molecular weight is 294 g/mol. The number of rotatable bonds is 0. The van der Waals surface area contributed by atoms with Crippen molar-refractivity contribution < 1.29 is 0 Å². The molecule has 68 valence electrons. The maximum atomic E-state index is 2.39. The SMILES string of the molecule is C1=Cc2cc3ccccc3cc2[Te]C1. The topological polar surface area (TPSA) is 0 Å². The third-order valence-corrected chi connectivity index (χ3v) is 5.43. The molecule has 0 saturated heterocycles. The molecule has 0 nitrogen and oxygen atoms in total. The fraction of sp³-hybridized carbons (Fsp3) is 0.0769. The minimum absolute atomic E-state index is 0.0592. The summed E-state index contributed by atoms with van der Waals surface area (Å²) in [5.41, 5.74) is 1.46. The molecule has 2 aromatic rings. The van der Waals surface area contributed by atoms with Gasteiger partial charge in [-0.15, -0.1) is 0 Å². The molecule has 2 aromatic carbocycles. The van der Waals surface area contributed by atoms with E-state index >= 15 is 0 Å². The second-order valence-electron chi connectivity index (χ2n) is 3.45. The van der Waals surface area contributed by atoms with Crippen molar-refractivity contribution in [2.45, 2.75) is 4.47 Å². The molecule has 0 unspecified atom stereocenters. The van der Waals surface area contributed by atoms with Crippen LogP contribution in [0.5, 0.6) is 0 Å². The van der Waals surface area contributed by atoms with Crippen LogP contribution < -0.4 is 3.61 Å². The van der Waals surface area contributed by atoms with Crippen molar-refractivity contribution in [3.8, 4) is 0 Å². The first kappa shape index (κ1) is 8.53. The summed E-state index contributed by atoms with van der Waals surface area (Å²) in [4.78, 5) is 0. The summed E-state index contributed by atoms with van der Waals surface area (Å²) in [5, 5.41) is 2.76. The van der Waals surface area contributed by atoms with Crippen LogP contribution in [0.1, 0.15) is 5.56 Å². The molecular formula is C13H10Te. The van der Waals surface area contributed by atoms with E-state index in [1.807, 2.05) is 0 Å².